The summed E-state index contributed by atoms with van der Waals surface area (Å²) < 4.78 is 0. The van der Waals surface area contributed by atoms with Crippen molar-refractivity contribution < 1.29 is 9.90 Å². The molecule has 2 unspecified atom stereocenters. The van der Waals surface area contributed by atoms with E-state index >= 15 is 0 Å². The zero-order valence-electron chi connectivity index (χ0n) is 11.1. The van der Waals surface area contributed by atoms with E-state index in [1.54, 1.807) is 0 Å². The first-order chi connectivity index (χ1) is 9.18. The average molecular weight is 256 g/mol. The summed E-state index contributed by atoms with van der Waals surface area (Å²) in [7, 11) is 0. The molecule has 4 aliphatic rings. The summed E-state index contributed by atoms with van der Waals surface area (Å²) in [5.41, 5.74) is 1.07. The maximum Gasteiger partial charge on any atom is 0.309 e. The van der Waals surface area contributed by atoms with E-state index in [4.69, 9.17) is 0 Å². The molecule has 0 spiro atoms. The maximum atomic E-state index is 11.7. The van der Waals surface area contributed by atoms with Crippen LogP contribution < -0.4 is 0 Å². The second-order valence-corrected chi connectivity index (χ2v) is 6.99. The van der Waals surface area contributed by atoms with Gasteiger partial charge in [0.05, 0.1) is 5.41 Å². The van der Waals surface area contributed by atoms with Gasteiger partial charge in [0.25, 0.3) is 0 Å². The van der Waals surface area contributed by atoms with Crippen LogP contribution in [-0.2, 0) is 4.79 Å². The van der Waals surface area contributed by atoms with E-state index in [0.29, 0.717) is 23.7 Å². The summed E-state index contributed by atoms with van der Waals surface area (Å²) in [6, 6.07) is 10.8. The Balaban J connectivity index is 1.71. The van der Waals surface area contributed by atoms with Gasteiger partial charge < -0.3 is 5.11 Å². The molecule has 0 heterocycles. The predicted octanol–water partition coefficient (Wildman–Crippen LogP) is 3.68. The fourth-order valence-electron chi connectivity index (χ4n) is 5.51. The molecule has 4 saturated carbocycles. The molecule has 0 aliphatic heterocycles. The molecule has 0 saturated heterocycles. The Morgan fingerprint density at radius 3 is 2.26 bits per heavy atom. The first-order valence-corrected chi connectivity index (χ1v) is 7.46. The van der Waals surface area contributed by atoms with Crippen LogP contribution in [0, 0.1) is 23.2 Å². The van der Waals surface area contributed by atoms with Gasteiger partial charge in [0.15, 0.2) is 0 Å². The van der Waals surface area contributed by atoms with Gasteiger partial charge in [-0.25, -0.2) is 0 Å². The Kier molecular flexibility index (Phi) is 2.33. The normalized spacial score (nSPS) is 43.4. The Labute approximate surface area is 113 Å². The molecule has 1 aromatic carbocycles. The van der Waals surface area contributed by atoms with Crippen molar-refractivity contribution in [2.75, 3.05) is 0 Å². The topological polar surface area (TPSA) is 37.3 Å². The molecule has 4 fully saturated rings. The fraction of sp³-hybridized carbons (Fsp3) is 0.588. The number of carboxylic acid groups (broad SMARTS) is 1. The van der Waals surface area contributed by atoms with Crippen molar-refractivity contribution >= 4 is 5.97 Å². The van der Waals surface area contributed by atoms with Gasteiger partial charge in [-0.3, -0.25) is 4.79 Å². The lowest BCUT2D eigenvalue weighted by Crippen LogP contribution is -2.53. The van der Waals surface area contributed by atoms with Crippen LogP contribution in [0.4, 0.5) is 0 Å². The minimum atomic E-state index is -0.529. The van der Waals surface area contributed by atoms with E-state index in [0.717, 1.165) is 19.3 Å². The number of rotatable bonds is 2. The van der Waals surface area contributed by atoms with Gasteiger partial charge in [0, 0.05) is 0 Å². The van der Waals surface area contributed by atoms with Crippen LogP contribution in [0.1, 0.15) is 43.6 Å². The zero-order valence-corrected chi connectivity index (χ0v) is 11.1. The Hall–Kier alpha value is -1.31. The van der Waals surface area contributed by atoms with E-state index in [9.17, 15) is 9.90 Å². The minimum Gasteiger partial charge on any atom is -0.481 e. The van der Waals surface area contributed by atoms with Gasteiger partial charge in [-0.1, -0.05) is 30.3 Å². The SMILES string of the molecule is O=C(O)C12CC3CC(C1)C(c1ccccc1)C(C3)C2. The van der Waals surface area contributed by atoms with Crippen LogP contribution in [0.3, 0.4) is 0 Å². The molecule has 100 valence electrons. The molecule has 5 rings (SSSR count). The van der Waals surface area contributed by atoms with E-state index in [-0.39, 0.29) is 5.41 Å². The molecule has 2 atom stereocenters. The summed E-state index contributed by atoms with van der Waals surface area (Å²) in [5.74, 6) is 1.96. The highest BCUT2D eigenvalue weighted by atomic mass is 16.4. The lowest BCUT2D eigenvalue weighted by Gasteiger charge is -2.58. The number of carbonyl (C=O) groups is 1. The van der Waals surface area contributed by atoms with Gasteiger partial charge in [-0.2, -0.15) is 0 Å². The zero-order chi connectivity index (χ0) is 13.0. The first-order valence-electron chi connectivity index (χ1n) is 7.46. The summed E-state index contributed by atoms with van der Waals surface area (Å²) >= 11 is 0. The number of hydrogen-bond acceptors (Lipinski definition) is 1. The lowest BCUT2D eigenvalue weighted by atomic mass is 9.45. The van der Waals surface area contributed by atoms with Crippen molar-refractivity contribution in [3.05, 3.63) is 35.9 Å². The molecule has 1 aromatic rings. The Bertz CT molecular complexity index is 491. The third-order valence-electron chi connectivity index (χ3n) is 5.91. The molecule has 0 amide bonds. The number of carboxylic acids is 1. The number of benzene rings is 1. The Morgan fingerprint density at radius 1 is 1.05 bits per heavy atom. The lowest BCUT2D eigenvalue weighted by molar-refractivity contribution is -0.166. The van der Waals surface area contributed by atoms with Gasteiger partial charge in [0.2, 0.25) is 0 Å². The maximum absolute atomic E-state index is 11.7. The van der Waals surface area contributed by atoms with Crippen molar-refractivity contribution in [1.82, 2.24) is 0 Å². The predicted molar refractivity (Wildman–Crippen MR) is 72.8 cm³/mol. The highest BCUT2D eigenvalue weighted by Gasteiger charge is 2.58. The molecule has 2 nitrogen and oxygen atoms in total. The highest BCUT2D eigenvalue weighted by Crippen LogP contribution is 2.64. The molecule has 19 heavy (non-hydrogen) atoms. The quantitative estimate of drug-likeness (QED) is 0.876. The molecule has 0 aromatic heterocycles. The van der Waals surface area contributed by atoms with Crippen LogP contribution in [0.15, 0.2) is 30.3 Å². The molecular formula is C17H20O2. The Morgan fingerprint density at radius 2 is 1.68 bits per heavy atom. The first kappa shape index (κ1) is 11.5. The van der Waals surface area contributed by atoms with Crippen LogP contribution in [0.5, 0.6) is 0 Å². The van der Waals surface area contributed by atoms with Crippen LogP contribution in [-0.4, -0.2) is 11.1 Å². The molecule has 2 heteroatoms. The molecule has 4 bridgehead atoms. The smallest absolute Gasteiger partial charge is 0.309 e. The van der Waals surface area contributed by atoms with Crippen molar-refractivity contribution in [1.29, 1.82) is 0 Å². The van der Waals surface area contributed by atoms with E-state index in [2.05, 4.69) is 30.3 Å². The van der Waals surface area contributed by atoms with E-state index in [1.807, 2.05) is 0 Å². The molecule has 4 aliphatic carbocycles. The average Bonchev–Trinajstić information content (AvgIpc) is 2.38. The van der Waals surface area contributed by atoms with Gasteiger partial charge in [0.1, 0.15) is 0 Å². The van der Waals surface area contributed by atoms with Crippen molar-refractivity contribution in [2.24, 2.45) is 23.2 Å². The second-order valence-electron chi connectivity index (χ2n) is 6.99. The molecule has 1 N–H and O–H groups in total. The fourth-order valence-corrected chi connectivity index (χ4v) is 5.51. The van der Waals surface area contributed by atoms with Gasteiger partial charge in [-0.15, -0.1) is 0 Å². The minimum absolute atomic E-state index is 0.373. The summed E-state index contributed by atoms with van der Waals surface area (Å²) in [4.78, 5) is 11.7. The monoisotopic (exact) mass is 256 g/mol. The highest BCUT2D eigenvalue weighted by molar-refractivity contribution is 5.75. The van der Waals surface area contributed by atoms with Gasteiger partial charge >= 0.3 is 5.97 Å². The second kappa shape index (κ2) is 3.84. The molecular weight excluding hydrogens is 236 g/mol. The van der Waals surface area contributed by atoms with E-state index in [1.165, 1.54) is 18.4 Å². The largest absolute Gasteiger partial charge is 0.481 e. The van der Waals surface area contributed by atoms with Crippen LogP contribution in [0.25, 0.3) is 0 Å². The summed E-state index contributed by atoms with van der Waals surface area (Å²) in [6.07, 6.45) is 5.27. The van der Waals surface area contributed by atoms with Crippen molar-refractivity contribution in [3.63, 3.8) is 0 Å². The van der Waals surface area contributed by atoms with Crippen LogP contribution in [0.2, 0.25) is 0 Å². The number of aliphatic carboxylic acids is 1. The van der Waals surface area contributed by atoms with Gasteiger partial charge in [-0.05, 0) is 61.3 Å². The molecule has 0 radical (unpaired) electrons. The third-order valence-corrected chi connectivity index (χ3v) is 5.91. The third kappa shape index (κ3) is 1.58. The summed E-state index contributed by atoms with van der Waals surface area (Å²) in [6.45, 7) is 0. The standard InChI is InChI=1S/C17H20O2/c18-16(19)17-8-11-6-13(9-17)15(14(7-11)10-17)12-4-2-1-3-5-12/h1-5,11,13-15H,6-10H2,(H,18,19). The van der Waals surface area contributed by atoms with Crippen molar-refractivity contribution in [2.45, 2.75) is 38.0 Å². The summed E-state index contributed by atoms with van der Waals surface area (Å²) in [5, 5.41) is 9.64. The van der Waals surface area contributed by atoms with Crippen LogP contribution >= 0.6 is 0 Å². The van der Waals surface area contributed by atoms with Crippen molar-refractivity contribution in [3.8, 4) is 0 Å². The van der Waals surface area contributed by atoms with E-state index < -0.39 is 5.97 Å². The number of hydrogen-bond donors (Lipinski definition) is 1.